The molecule has 118 valence electrons. The van der Waals surface area contributed by atoms with Crippen molar-refractivity contribution < 1.29 is 4.52 Å². The summed E-state index contributed by atoms with van der Waals surface area (Å²) in [5, 5.41) is 7.87. The molecule has 5 heteroatoms. The van der Waals surface area contributed by atoms with Gasteiger partial charge in [-0.1, -0.05) is 25.9 Å². The van der Waals surface area contributed by atoms with Gasteiger partial charge in [-0.2, -0.15) is 4.98 Å². The van der Waals surface area contributed by atoms with Gasteiger partial charge in [0.25, 0.3) is 0 Å². The van der Waals surface area contributed by atoms with Gasteiger partial charge in [0, 0.05) is 24.5 Å². The first-order valence-corrected chi connectivity index (χ1v) is 8.45. The van der Waals surface area contributed by atoms with Crippen LogP contribution in [0.2, 0.25) is 0 Å². The van der Waals surface area contributed by atoms with Gasteiger partial charge in [-0.15, -0.1) is 0 Å². The van der Waals surface area contributed by atoms with Gasteiger partial charge in [-0.25, -0.2) is 0 Å². The Bertz CT molecular complexity index is 447. The van der Waals surface area contributed by atoms with Crippen molar-refractivity contribution in [3.8, 4) is 0 Å². The van der Waals surface area contributed by atoms with Crippen molar-refractivity contribution in [2.45, 2.75) is 77.5 Å². The summed E-state index contributed by atoms with van der Waals surface area (Å²) < 4.78 is 5.36. The highest BCUT2D eigenvalue weighted by Crippen LogP contribution is 2.30. The summed E-state index contributed by atoms with van der Waals surface area (Å²) in [5.41, 5.74) is 0. The molecule has 0 aliphatic carbocycles. The van der Waals surface area contributed by atoms with Gasteiger partial charge in [-0.3, -0.25) is 4.90 Å². The molecule has 5 nitrogen and oxygen atoms in total. The number of aromatic nitrogens is 2. The molecule has 2 bridgehead atoms. The summed E-state index contributed by atoms with van der Waals surface area (Å²) >= 11 is 0. The predicted octanol–water partition coefficient (Wildman–Crippen LogP) is 2.37. The van der Waals surface area contributed by atoms with E-state index >= 15 is 0 Å². The first-order chi connectivity index (χ1) is 10.1. The molecular weight excluding hydrogens is 264 g/mol. The molecule has 2 aliphatic rings. The topological polar surface area (TPSA) is 54.2 Å². The molecule has 2 atom stereocenters. The van der Waals surface area contributed by atoms with Crippen molar-refractivity contribution in [1.82, 2.24) is 20.4 Å². The third kappa shape index (κ3) is 3.64. The second-order valence-corrected chi connectivity index (χ2v) is 7.03. The van der Waals surface area contributed by atoms with Crippen LogP contribution in [0.3, 0.4) is 0 Å². The van der Waals surface area contributed by atoms with Crippen molar-refractivity contribution in [3.05, 3.63) is 11.7 Å². The van der Waals surface area contributed by atoms with Crippen LogP contribution in [-0.2, 0) is 13.0 Å². The summed E-state index contributed by atoms with van der Waals surface area (Å²) in [4.78, 5) is 7.08. The van der Waals surface area contributed by atoms with Crippen molar-refractivity contribution >= 4 is 0 Å². The van der Waals surface area contributed by atoms with Crippen LogP contribution in [0, 0.1) is 5.92 Å². The molecular formula is C16H28N4O. The molecule has 3 rings (SSSR count). The summed E-state index contributed by atoms with van der Waals surface area (Å²) in [6.07, 6.45) is 6.09. The maximum Gasteiger partial charge on any atom is 0.226 e. The summed E-state index contributed by atoms with van der Waals surface area (Å²) in [7, 11) is 0. The lowest BCUT2D eigenvalue weighted by Crippen LogP contribution is -2.48. The van der Waals surface area contributed by atoms with E-state index in [1.807, 2.05) is 0 Å². The van der Waals surface area contributed by atoms with Gasteiger partial charge in [0.1, 0.15) is 0 Å². The fourth-order valence-electron chi connectivity index (χ4n) is 3.79. The van der Waals surface area contributed by atoms with Crippen LogP contribution in [0.15, 0.2) is 4.52 Å². The summed E-state index contributed by atoms with van der Waals surface area (Å²) in [6.45, 7) is 8.46. The van der Waals surface area contributed by atoms with Gasteiger partial charge < -0.3 is 9.84 Å². The quantitative estimate of drug-likeness (QED) is 0.872. The second-order valence-electron chi connectivity index (χ2n) is 7.03. The highest BCUT2D eigenvalue weighted by Gasteiger charge is 2.35. The van der Waals surface area contributed by atoms with E-state index < -0.39 is 0 Å². The highest BCUT2D eigenvalue weighted by atomic mass is 16.5. The maximum absolute atomic E-state index is 5.36. The fourth-order valence-corrected chi connectivity index (χ4v) is 3.79. The van der Waals surface area contributed by atoms with Crippen LogP contribution in [-0.4, -0.2) is 39.7 Å². The summed E-state index contributed by atoms with van der Waals surface area (Å²) in [6, 6.07) is 2.12. The van der Waals surface area contributed by atoms with Crippen LogP contribution >= 0.6 is 0 Å². The van der Waals surface area contributed by atoms with E-state index in [0.29, 0.717) is 12.0 Å². The molecule has 0 spiro atoms. The Labute approximate surface area is 127 Å². The molecule has 3 heterocycles. The SMILES string of the molecule is CCN(Cc1noc(CC(C)C)n1)C1CC2CCC(C1)N2. The molecule has 1 aromatic heterocycles. The van der Waals surface area contributed by atoms with E-state index in [2.05, 4.69) is 41.1 Å². The minimum atomic E-state index is 0.556. The number of hydrogen-bond donors (Lipinski definition) is 1. The first-order valence-electron chi connectivity index (χ1n) is 8.45. The third-order valence-electron chi connectivity index (χ3n) is 4.81. The standard InChI is InChI=1S/C16H28N4O/c1-4-20(14-8-12-5-6-13(9-14)17-12)10-15-18-16(21-19-15)7-11(2)3/h11-14,17H,4-10H2,1-3H3. The van der Waals surface area contributed by atoms with Crippen LogP contribution in [0.5, 0.6) is 0 Å². The van der Waals surface area contributed by atoms with Crippen LogP contribution in [0.1, 0.15) is 58.2 Å². The molecule has 1 aromatic rings. The maximum atomic E-state index is 5.36. The van der Waals surface area contributed by atoms with Gasteiger partial charge >= 0.3 is 0 Å². The van der Waals surface area contributed by atoms with Crippen LogP contribution < -0.4 is 5.32 Å². The number of nitrogens with zero attached hydrogens (tertiary/aromatic N) is 3. The van der Waals surface area contributed by atoms with E-state index in [4.69, 9.17) is 4.52 Å². The molecule has 2 unspecified atom stereocenters. The monoisotopic (exact) mass is 292 g/mol. The van der Waals surface area contributed by atoms with E-state index in [9.17, 15) is 0 Å². The van der Waals surface area contributed by atoms with E-state index in [0.717, 1.165) is 43.3 Å². The fraction of sp³-hybridized carbons (Fsp3) is 0.875. The van der Waals surface area contributed by atoms with Crippen molar-refractivity contribution in [1.29, 1.82) is 0 Å². The van der Waals surface area contributed by atoms with Crippen LogP contribution in [0.25, 0.3) is 0 Å². The molecule has 0 radical (unpaired) electrons. The molecule has 2 aliphatic heterocycles. The number of nitrogens with one attached hydrogen (secondary N) is 1. The normalized spacial score (nSPS) is 28.7. The largest absolute Gasteiger partial charge is 0.339 e. The number of hydrogen-bond acceptors (Lipinski definition) is 5. The smallest absolute Gasteiger partial charge is 0.226 e. The van der Waals surface area contributed by atoms with Crippen molar-refractivity contribution in [2.75, 3.05) is 6.54 Å². The van der Waals surface area contributed by atoms with Gasteiger partial charge in [0.2, 0.25) is 5.89 Å². The van der Waals surface area contributed by atoms with E-state index in [1.54, 1.807) is 0 Å². The molecule has 2 fully saturated rings. The van der Waals surface area contributed by atoms with E-state index in [1.165, 1.54) is 25.7 Å². The lowest BCUT2D eigenvalue weighted by Gasteiger charge is -2.36. The average Bonchev–Trinajstić information content (AvgIpc) is 3.02. The van der Waals surface area contributed by atoms with Crippen LogP contribution in [0.4, 0.5) is 0 Å². The Morgan fingerprint density at radius 3 is 2.62 bits per heavy atom. The van der Waals surface area contributed by atoms with Gasteiger partial charge in [-0.05, 0) is 38.1 Å². The lowest BCUT2D eigenvalue weighted by atomic mass is 9.98. The Morgan fingerprint density at radius 1 is 1.29 bits per heavy atom. The Hall–Kier alpha value is -0.940. The lowest BCUT2D eigenvalue weighted by molar-refractivity contribution is 0.136. The molecule has 0 aromatic carbocycles. The molecule has 21 heavy (non-hydrogen) atoms. The minimum Gasteiger partial charge on any atom is -0.339 e. The molecule has 0 saturated carbocycles. The van der Waals surface area contributed by atoms with Gasteiger partial charge in [0.15, 0.2) is 5.82 Å². The van der Waals surface area contributed by atoms with E-state index in [-0.39, 0.29) is 0 Å². The zero-order valence-electron chi connectivity index (χ0n) is 13.5. The minimum absolute atomic E-state index is 0.556. The first kappa shape index (κ1) is 15.0. The number of piperidine rings is 1. The highest BCUT2D eigenvalue weighted by molar-refractivity contribution is 4.97. The molecule has 0 amide bonds. The Kier molecular flexibility index (Phi) is 4.60. The third-order valence-corrected chi connectivity index (χ3v) is 4.81. The van der Waals surface area contributed by atoms with Gasteiger partial charge in [0.05, 0.1) is 6.54 Å². The van der Waals surface area contributed by atoms with Crippen molar-refractivity contribution in [3.63, 3.8) is 0 Å². The number of rotatable bonds is 6. The molecule has 1 N–H and O–H groups in total. The predicted molar refractivity (Wildman–Crippen MR) is 81.9 cm³/mol. The summed E-state index contributed by atoms with van der Waals surface area (Å²) in [5.74, 6) is 2.18. The number of fused-ring (bicyclic) bond motifs is 2. The zero-order chi connectivity index (χ0) is 14.8. The molecule has 2 saturated heterocycles. The second kappa shape index (κ2) is 6.44. The Morgan fingerprint density at radius 2 is 2.00 bits per heavy atom. The zero-order valence-corrected chi connectivity index (χ0v) is 13.5. The van der Waals surface area contributed by atoms with Crippen molar-refractivity contribution in [2.24, 2.45) is 5.92 Å². The average molecular weight is 292 g/mol. The Balaban J connectivity index is 1.60.